The van der Waals surface area contributed by atoms with Crippen molar-refractivity contribution in [3.8, 4) is 0 Å². The van der Waals surface area contributed by atoms with Crippen LogP contribution in [0.3, 0.4) is 0 Å². The molecule has 0 saturated heterocycles. The van der Waals surface area contributed by atoms with Gasteiger partial charge in [0, 0.05) is 20.7 Å². The number of carbonyl (C=O) groups is 1. The van der Waals surface area contributed by atoms with Crippen LogP contribution in [0.25, 0.3) is 0 Å². The van der Waals surface area contributed by atoms with E-state index in [4.69, 9.17) is 23.8 Å². The molecule has 0 radical (unpaired) electrons. The summed E-state index contributed by atoms with van der Waals surface area (Å²) < 4.78 is 0.973. The fourth-order valence-electron chi connectivity index (χ4n) is 1.51. The highest BCUT2D eigenvalue weighted by molar-refractivity contribution is 9.10. The van der Waals surface area contributed by atoms with Crippen molar-refractivity contribution in [3.63, 3.8) is 0 Å². The predicted molar refractivity (Wildman–Crippen MR) is 92.4 cm³/mol. The normalized spacial score (nSPS) is 9.81. The van der Waals surface area contributed by atoms with Crippen LogP contribution >= 0.6 is 39.7 Å². The van der Waals surface area contributed by atoms with Crippen molar-refractivity contribution in [3.05, 3.63) is 63.6 Å². The maximum absolute atomic E-state index is 11.9. The van der Waals surface area contributed by atoms with Crippen molar-refractivity contribution in [2.45, 2.75) is 0 Å². The zero-order valence-corrected chi connectivity index (χ0v) is 13.8. The van der Waals surface area contributed by atoms with E-state index >= 15 is 0 Å². The fraction of sp³-hybridized carbons (Fsp3) is 0. The van der Waals surface area contributed by atoms with Gasteiger partial charge in [-0.25, -0.2) is 0 Å². The molecule has 0 unspecified atom stereocenters. The van der Waals surface area contributed by atoms with E-state index in [-0.39, 0.29) is 11.0 Å². The highest BCUT2D eigenvalue weighted by atomic mass is 79.9. The summed E-state index contributed by atoms with van der Waals surface area (Å²) in [7, 11) is 0. The van der Waals surface area contributed by atoms with Gasteiger partial charge >= 0.3 is 0 Å². The van der Waals surface area contributed by atoms with Crippen LogP contribution in [0.15, 0.2) is 53.0 Å². The number of hydrogen-bond acceptors (Lipinski definition) is 2. The lowest BCUT2D eigenvalue weighted by Gasteiger charge is -2.11. The van der Waals surface area contributed by atoms with Gasteiger partial charge in [0.2, 0.25) is 0 Å². The molecule has 2 rings (SSSR count). The molecule has 3 N–H and O–H groups in total. The van der Waals surface area contributed by atoms with E-state index in [1.165, 1.54) is 0 Å². The Morgan fingerprint density at radius 2 is 1.81 bits per heavy atom. The van der Waals surface area contributed by atoms with Crippen LogP contribution in [0.1, 0.15) is 10.4 Å². The minimum atomic E-state index is -0.322. The Morgan fingerprint density at radius 3 is 2.48 bits per heavy atom. The Hall–Kier alpha value is -1.63. The smallest absolute Gasteiger partial charge is 0.269 e. The summed E-state index contributed by atoms with van der Waals surface area (Å²) in [6.07, 6.45) is 0. The number of nitrogens with one attached hydrogen (secondary N) is 3. The SMILES string of the molecule is O=C(NNC(=S)Nc1ccc(Br)cc1)c1cccc(Cl)c1. The summed E-state index contributed by atoms with van der Waals surface area (Å²) in [6.45, 7) is 0. The van der Waals surface area contributed by atoms with Gasteiger partial charge in [-0.15, -0.1) is 0 Å². The van der Waals surface area contributed by atoms with Gasteiger partial charge in [0.15, 0.2) is 5.11 Å². The van der Waals surface area contributed by atoms with Gasteiger partial charge in [-0.1, -0.05) is 33.6 Å². The second kappa shape index (κ2) is 7.40. The van der Waals surface area contributed by atoms with Crippen LogP contribution in [0.2, 0.25) is 5.02 Å². The van der Waals surface area contributed by atoms with Gasteiger partial charge in [-0.05, 0) is 54.7 Å². The number of benzene rings is 2. The number of anilines is 1. The van der Waals surface area contributed by atoms with Crippen LogP contribution in [0.4, 0.5) is 5.69 Å². The molecule has 7 heteroatoms. The molecular weight excluding hydrogens is 374 g/mol. The molecule has 2 aromatic rings. The van der Waals surface area contributed by atoms with Crippen LogP contribution in [-0.4, -0.2) is 11.0 Å². The molecule has 0 fully saturated rings. The third-order valence-corrected chi connectivity index (χ3v) is 3.45. The molecule has 0 bridgehead atoms. The Labute approximate surface area is 141 Å². The average molecular weight is 385 g/mol. The van der Waals surface area contributed by atoms with E-state index in [1.807, 2.05) is 24.3 Å². The third kappa shape index (κ3) is 5.00. The highest BCUT2D eigenvalue weighted by Gasteiger charge is 2.06. The van der Waals surface area contributed by atoms with E-state index in [0.29, 0.717) is 10.6 Å². The maximum atomic E-state index is 11.9. The third-order valence-electron chi connectivity index (χ3n) is 2.48. The minimum absolute atomic E-state index is 0.285. The van der Waals surface area contributed by atoms with E-state index in [2.05, 4.69) is 32.1 Å². The molecule has 0 saturated carbocycles. The number of amides is 1. The maximum Gasteiger partial charge on any atom is 0.269 e. The van der Waals surface area contributed by atoms with Gasteiger partial charge < -0.3 is 5.32 Å². The van der Waals surface area contributed by atoms with Crippen molar-refractivity contribution in [2.75, 3.05) is 5.32 Å². The van der Waals surface area contributed by atoms with Crippen molar-refractivity contribution < 1.29 is 4.79 Å². The van der Waals surface area contributed by atoms with Gasteiger partial charge in [-0.3, -0.25) is 15.6 Å². The minimum Gasteiger partial charge on any atom is -0.331 e. The van der Waals surface area contributed by atoms with Crippen LogP contribution < -0.4 is 16.2 Å². The summed E-state index contributed by atoms with van der Waals surface area (Å²) in [5.74, 6) is -0.322. The van der Waals surface area contributed by atoms with Crippen molar-refractivity contribution in [1.82, 2.24) is 10.9 Å². The van der Waals surface area contributed by atoms with Crippen molar-refractivity contribution in [1.29, 1.82) is 0 Å². The van der Waals surface area contributed by atoms with Crippen LogP contribution in [0.5, 0.6) is 0 Å². The molecule has 0 aliphatic heterocycles. The standard InChI is InChI=1S/C14H11BrClN3OS/c15-10-4-6-12(7-5-10)17-14(21)19-18-13(20)9-2-1-3-11(16)8-9/h1-8H,(H,18,20)(H2,17,19,21). The Morgan fingerprint density at radius 1 is 1.10 bits per heavy atom. The number of carbonyl (C=O) groups excluding carboxylic acids is 1. The molecule has 0 aromatic heterocycles. The topological polar surface area (TPSA) is 53.2 Å². The van der Waals surface area contributed by atoms with Crippen molar-refractivity contribution >= 4 is 56.5 Å². The summed E-state index contributed by atoms with van der Waals surface area (Å²) in [5.41, 5.74) is 6.38. The number of hydrazine groups is 1. The first-order chi connectivity index (χ1) is 10.0. The molecular formula is C14H11BrClN3OS. The summed E-state index contributed by atoms with van der Waals surface area (Å²) in [5, 5.41) is 3.73. The van der Waals surface area contributed by atoms with E-state index in [0.717, 1.165) is 10.2 Å². The number of thiocarbonyl (C=S) groups is 1. The van der Waals surface area contributed by atoms with E-state index < -0.39 is 0 Å². The first kappa shape index (κ1) is 15.8. The average Bonchev–Trinajstić information content (AvgIpc) is 2.47. The molecule has 21 heavy (non-hydrogen) atoms. The number of halogens is 2. The molecule has 1 amide bonds. The molecule has 0 aliphatic carbocycles. The van der Waals surface area contributed by atoms with Crippen molar-refractivity contribution in [2.24, 2.45) is 0 Å². The molecule has 108 valence electrons. The summed E-state index contributed by atoms with van der Waals surface area (Å²) in [6, 6.07) is 14.1. The molecule has 0 atom stereocenters. The van der Waals surface area contributed by atoms with Gasteiger partial charge in [-0.2, -0.15) is 0 Å². The highest BCUT2D eigenvalue weighted by Crippen LogP contribution is 2.14. The van der Waals surface area contributed by atoms with Gasteiger partial charge in [0.25, 0.3) is 5.91 Å². The summed E-state index contributed by atoms with van der Waals surface area (Å²) in [4.78, 5) is 11.9. The molecule has 0 spiro atoms. The first-order valence-electron chi connectivity index (χ1n) is 5.93. The molecule has 0 aliphatic rings. The molecule has 0 heterocycles. The Bertz CT molecular complexity index is 664. The largest absolute Gasteiger partial charge is 0.331 e. The zero-order valence-electron chi connectivity index (χ0n) is 10.7. The number of hydrogen-bond donors (Lipinski definition) is 3. The second-order valence-electron chi connectivity index (χ2n) is 4.05. The Kier molecular flexibility index (Phi) is 5.55. The monoisotopic (exact) mass is 383 g/mol. The molecule has 4 nitrogen and oxygen atoms in total. The van der Waals surface area contributed by atoms with Gasteiger partial charge in [0.1, 0.15) is 0 Å². The predicted octanol–water partition coefficient (Wildman–Crippen LogP) is 3.73. The number of rotatable bonds is 2. The van der Waals surface area contributed by atoms with E-state index in [9.17, 15) is 4.79 Å². The van der Waals surface area contributed by atoms with Crippen LogP contribution in [0, 0.1) is 0 Å². The molecule has 2 aromatic carbocycles. The van der Waals surface area contributed by atoms with Gasteiger partial charge in [0.05, 0.1) is 0 Å². The lowest BCUT2D eigenvalue weighted by Crippen LogP contribution is -2.43. The second-order valence-corrected chi connectivity index (χ2v) is 5.81. The lowest BCUT2D eigenvalue weighted by molar-refractivity contribution is 0.0944. The lowest BCUT2D eigenvalue weighted by atomic mass is 10.2. The van der Waals surface area contributed by atoms with E-state index in [1.54, 1.807) is 24.3 Å². The zero-order chi connectivity index (χ0) is 15.2. The Balaban J connectivity index is 1.86. The first-order valence-corrected chi connectivity index (χ1v) is 7.51. The van der Waals surface area contributed by atoms with Crippen LogP contribution in [-0.2, 0) is 0 Å². The fourth-order valence-corrected chi connectivity index (χ4v) is 2.13. The quantitative estimate of drug-likeness (QED) is 0.545. The summed E-state index contributed by atoms with van der Waals surface area (Å²) >= 11 is 14.3.